The number of hydrogen-bond acceptors (Lipinski definition) is 4. The lowest BCUT2D eigenvalue weighted by Gasteiger charge is -2.40. The van der Waals surface area contributed by atoms with E-state index in [9.17, 15) is 10.2 Å². The van der Waals surface area contributed by atoms with Crippen LogP contribution in [0.3, 0.4) is 0 Å². The summed E-state index contributed by atoms with van der Waals surface area (Å²) in [5.74, 6) is 0. The second-order valence-electron chi connectivity index (χ2n) is 4.55. The molecule has 0 amide bonds. The number of rotatable bonds is 7. The third-order valence-corrected chi connectivity index (χ3v) is 3.28. The van der Waals surface area contributed by atoms with Crippen molar-refractivity contribution in [2.45, 2.75) is 44.8 Å². The Hall–Kier alpha value is -0.160. The lowest BCUT2D eigenvalue weighted by molar-refractivity contribution is -0.168. The van der Waals surface area contributed by atoms with Gasteiger partial charge in [0.1, 0.15) is 5.72 Å². The van der Waals surface area contributed by atoms with Gasteiger partial charge in [-0.25, -0.2) is 0 Å². The Bertz CT molecular complexity index is 183. The zero-order valence-corrected chi connectivity index (χ0v) is 10.3. The van der Waals surface area contributed by atoms with Gasteiger partial charge in [-0.1, -0.05) is 26.2 Å². The molecule has 1 rings (SSSR count). The number of aliphatic hydroxyl groups is 2. The van der Waals surface area contributed by atoms with E-state index in [1.165, 1.54) is 12.8 Å². The van der Waals surface area contributed by atoms with E-state index in [1.54, 1.807) is 0 Å². The third-order valence-electron chi connectivity index (χ3n) is 3.28. The van der Waals surface area contributed by atoms with Crippen molar-refractivity contribution in [2.75, 3.05) is 32.9 Å². The van der Waals surface area contributed by atoms with Gasteiger partial charge in [-0.3, -0.25) is 4.90 Å². The minimum Gasteiger partial charge on any atom is -0.392 e. The van der Waals surface area contributed by atoms with Crippen molar-refractivity contribution in [1.82, 2.24) is 4.90 Å². The van der Waals surface area contributed by atoms with E-state index in [1.807, 2.05) is 4.90 Å². The van der Waals surface area contributed by atoms with Crippen LogP contribution >= 0.6 is 0 Å². The zero-order chi connectivity index (χ0) is 11.9. The fraction of sp³-hybridized carbons (Fsp3) is 1.00. The molecule has 0 bridgehead atoms. The molecular formula is C12H25NO3. The average Bonchev–Trinajstić information content (AvgIpc) is 2.35. The summed E-state index contributed by atoms with van der Waals surface area (Å²) in [5.41, 5.74) is -1.03. The molecule has 1 saturated heterocycles. The first-order valence-electron chi connectivity index (χ1n) is 6.39. The maximum Gasteiger partial charge on any atom is 0.141 e. The first-order valence-corrected chi connectivity index (χ1v) is 6.39. The number of morpholine rings is 1. The van der Waals surface area contributed by atoms with E-state index in [-0.39, 0.29) is 6.61 Å². The predicted molar refractivity (Wildman–Crippen MR) is 63.2 cm³/mol. The van der Waals surface area contributed by atoms with Gasteiger partial charge in [0.2, 0.25) is 0 Å². The first kappa shape index (κ1) is 13.9. The van der Waals surface area contributed by atoms with Crippen LogP contribution in [0.5, 0.6) is 0 Å². The van der Waals surface area contributed by atoms with Crippen LogP contribution in [0.25, 0.3) is 0 Å². The maximum atomic E-state index is 10.4. The molecule has 16 heavy (non-hydrogen) atoms. The van der Waals surface area contributed by atoms with Crippen LogP contribution in [0.4, 0.5) is 0 Å². The highest BCUT2D eigenvalue weighted by Gasteiger charge is 2.33. The van der Waals surface area contributed by atoms with Crippen molar-refractivity contribution in [2.24, 2.45) is 0 Å². The minimum absolute atomic E-state index is 0.181. The molecule has 1 aliphatic rings. The Morgan fingerprint density at radius 2 is 1.88 bits per heavy atom. The van der Waals surface area contributed by atoms with Crippen LogP contribution in [0.1, 0.15) is 39.0 Å². The standard InChI is InChI=1S/C12H25NO3/c1-2-3-4-5-6-12(15,11-14)13-7-9-16-10-8-13/h14-15H,2-11H2,1H3. The number of ether oxygens (including phenoxy) is 1. The van der Waals surface area contributed by atoms with Crippen molar-refractivity contribution in [3.63, 3.8) is 0 Å². The van der Waals surface area contributed by atoms with Gasteiger partial charge >= 0.3 is 0 Å². The van der Waals surface area contributed by atoms with Crippen LogP contribution in [-0.4, -0.2) is 53.7 Å². The quantitative estimate of drug-likeness (QED) is 0.641. The second-order valence-corrected chi connectivity index (χ2v) is 4.55. The fourth-order valence-electron chi connectivity index (χ4n) is 2.15. The van der Waals surface area contributed by atoms with Crippen LogP contribution in [0, 0.1) is 0 Å². The molecule has 0 radical (unpaired) electrons. The molecule has 96 valence electrons. The van der Waals surface area contributed by atoms with E-state index in [2.05, 4.69) is 6.92 Å². The number of aliphatic hydroxyl groups excluding tert-OH is 1. The molecule has 1 aliphatic heterocycles. The molecule has 1 heterocycles. The van der Waals surface area contributed by atoms with Gasteiger partial charge in [-0.2, -0.15) is 0 Å². The molecule has 0 aromatic heterocycles. The van der Waals surface area contributed by atoms with Crippen molar-refractivity contribution in [3.8, 4) is 0 Å². The summed E-state index contributed by atoms with van der Waals surface area (Å²) in [7, 11) is 0. The van der Waals surface area contributed by atoms with Gasteiger partial charge in [0.05, 0.1) is 19.8 Å². The summed E-state index contributed by atoms with van der Waals surface area (Å²) in [6.45, 7) is 4.71. The van der Waals surface area contributed by atoms with Crippen molar-refractivity contribution in [1.29, 1.82) is 0 Å². The normalized spacial score (nSPS) is 21.9. The molecule has 0 saturated carbocycles. The highest BCUT2D eigenvalue weighted by Crippen LogP contribution is 2.21. The molecule has 0 aliphatic carbocycles. The molecule has 1 atom stereocenters. The predicted octanol–water partition coefficient (Wildman–Crippen LogP) is 0.970. The topological polar surface area (TPSA) is 52.9 Å². The van der Waals surface area contributed by atoms with Gasteiger partial charge < -0.3 is 14.9 Å². The number of unbranched alkanes of at least 4 members (excludes halogenated alkanes) is 3. The fourth-order valence-corrected chi connectivity index (χ4v) is 2.15. The summed E-state index contributed by atoms with van der Waals surface area (Å²) in [6, 6.07) is 0. The van der Waals surface area contributed by atoms with Crippen molar-refractivity contribution >= 4 is 0 Å². The van der Waals surface area contributed by atoms with E-state index < -0.39 is 5.72 Å². The Balaban J connectivity index is 2.35. The van der Waals surface area contributed by atoms with Crippen molar-refractivity contribution < 1.29 is 14.9 Å². The number of nitrogens with zero attached hydrogens (tertiary/aromatic N) is 1. The van der Waals surface area contributed by atoms with Crippen molar-refractivity contribution in [3.05, 3.63) is 0 Å². The van der Waals surface area contributed by atoms with E-state index in [0.29, 0.717) is 32.7 Å². The Labute approximate surface area is 98.2 Å². The summed E-state index contributed by atoms with van der Waals surface area (Å²) < 4.78 is 5.25. The van der Waals surface area contributed by atoms with Crippen LogP contribution in [0.2, 0.25) is 0 Å². The zero-order valence-electron chi connectivity index (χ0n) is 10.3. The number of hydrogen-bond donors (Lipinski definition) is 2. The average molecular weight is 231 g/mol. The molecule has 0 aromatic carbocycles. The molecule has 0 spiro atoms. The van der Waals surface area contributed by atoms with Gasteiger partial charge in [-0.15, -0.1) is 0 Å². The van der Waals surface area contributed by atoms with Crippen LogP contribution < -0.4 is 0 Å². The lowest BCUT2D eigenvalue weighted by atomic mass is 10.0. The SMILES string of the molecule is CCCCCCC(O)(CO)N1CCOCC1. The Morgan fingerprint density at radius 3 is 2.44 bits per heavy atom. The maximum absolute atomic E-state index is 10.4. The van der Waals surface area contributed by atoms with Crippen LogP contribution in [-0.2, 0) is 4.74 Å². The summed E-state index contributed by atoms with van der Waals surface area (Å²) in [4.78, 5) is 1.95. The summed E-state index contributed by atoms with van der Waals surface area (Å²) in [5, 5.41) is 19.7. The highest BCUT2D eigenvalue weighted by molar-refractivity contribution is 4.80. The summed E-state index contributed by atoms with van der Waals surface area (Å²) >= 11 is 0. The lowest BCUT2D eigenvalue weighted by Crippen LogP contribution is -2.55. The molecule has 4 nitrogen and oxygen atoms in total. The van der Waals surface area contributed by atoms with Gasteiger partial charge in [0.15, 0.2) is 0 Å². The molecule has 0 aromatic rings. The molecular weight excluding hydrogens is 206 g/mol. The second kappa shape index (κ2) is 7.22. The molecule has 2 N–H and O–H groups in total. The van der Waals surface area contributed by atoms with Gasteiger partial charge in [-0.05, 0) is 12.8 Å². The summed E-state index contributed by atoms with van der Waals surface area (Å²) in [6.07, 6.45) is 5.15. The van der Waals surface area contributed by atoms with E-state index in [0.717, 1.165) is 12.8 Å². The molecule has 1 fully saturated rings. The first-order chi connectivity index (χ1) is 7.73. The molecule has 4 heteroatoms. The largest absolute Gasteiger partial charge is 0.392 e. The molecule has 1 unspecified atom stereocenters. The monoisotopic (exact) mass is 231 g/mol. The van der Waals surface area contributed by atoms with E-state index >= 15 is 0 Å². The smallest absolute Gasteiger partial charge is 0.141 e. The van der Waals surface area contributed by atoms with Gasteiger partial charge in [0, 0.05) is 13.1 Å². The third kappa shape index (κ3) is 4.01. The Morgan fingerprint density at radius 1 is 1.19 bits per heavy atom. The minimum atomic E-state index is -1.03. The Kier molecular flexibility index (Phi) is 6.28. The van der Waals surface area contributed by atoms with E-state index in [4.69, 9.17) is 4.74 Å². The highest BCUT2D eigenvalue weighted by atomic mass is 16.5. The van der Waals surface area contributed by atoms with Crippen LogP contribution in [0.15, 0.2) is 0 Å². The van der Waals surface area contributed by atoms with Gasteiger partial charge in [0.25, 0.3) is 0 Å².